The summed E-state index contributed by atoms with van der Waals surface area (Å²) >= 11 is 0. The van der Waals surface area contributed by atoms with E-state index in [9.17, 15) is 14.0 Å². The topological polar surface area (TPSA) is 59.1 Å². The molecule has 126 valence electrons. The highest BCUT2D eigenvalue weighted by Gasteiger charge is 2.24. The summed E-state index contributed by atoms with van der Waals surface area (Å²) in [5, 5.41) is 0. The van der Waals surface area contributed by atoms with Gasteiger partial charge in [0.05, 0.1) is 19.6 Å². The van der Waals surface area contributed by atoms with Crippen LogP contribution in [0.3, 0.4) is 0 Å². The van der Waals surface area contributed by atoms with E-state index in [1.54, 1.807) is 16.7 Å². The summed E-state index contributed by atoms with van der Waals surface area (Å²) in [6, 6.07) is 5.67. The number of piperazine rings is 1. The van der Waals surface area contributed by atoms with Crippen LogP contribution >= 0.6 is 0 Å². The molecule has 1 aliphatic rings. The van der Waals surface area contributed by atoms with Gasteiger partial charge in [0, 0.05) is 26.2 Å². The zero-order valence-corrected chi connectivity index (χ0v) is 13.2. The molecule has 0 aromatic heterocycles. The van der Waals surface area contributed by atoms with E-state index in [0.29, 0.717) is 38.5 Å². The minimum Gasteiger partial charge on any atom is -0.493 e. The fraction of sp³-hybridized carbons (Fsp3) is 0.500. The van der Waals surface area contributed by atoms with Crippen LogP contribution in [0.5, 0.6) is 5.75 Å². The largest absolute Gasteiger partial charge is 0.493 e. The molecule has 0 N–H and O–H groups in total. The van der Waals surface area contributed by atoms with Crippen molar-refractivity contribution >= 4 is 12.0 Å². The number of ether oxygens (including phenoxy) is 2. The van der Waals surface area contributed by atoms with Gasteiger partial charge in [0.1, 0.15) is 11.6 Å². The Morgan fingerprint density at radius 3 is 2.30 bits per heavy atom. The maximum atomic E-state index is 12.8. The average molecular weight is 324 g/mol. The molecule has 7 heteroatoms. The van der Waals surface area contributed by atoms with Crippen LogP contribution in [0.2, 0.25) is 0 Å². The number of benzene rings is 1. The number of hydrogen-bond donors (Lipinski definition) is 0. The van der Waals surface area contributed by atoms with E-state index < -0.39 is 0 Å². The molecule has 2 rings (SSSR count). The standard InChI is InChI=1S/C16H21FN2O4/c1-2-22-16(21)19-10-8-18(9-11-19)15(20)7-12-23-14-5-3-13(17)4-6-14/h3-6H,2,7-12H2,1H3. The second-order valence-corrected chi connectivity index (χ2v) is 5.12. The first-order valence-electron chi connectivity index (χ1n) is 7.68. The van der Waals surface area contributed by atoms with Gasteiger partial charge in [-0.05, 0) is 31.2 Å². The maximum absolute atomic E-state index is 12.8. The van der Waals surface area contributed by atoms with Crippen molar-refractivity contribution in [1.82, 2.24) is 9.80 Å². The van der Waals surface area contributed by atoms with Gasteiger partial charge in [-0.1, -0.05) is 0 Å². The van der Waals surface area contributed by atoms with E-state index in [2.05, 4.69) is 0 Å². The molecule has 0 radical (unpaired) electrons. The van der Waals surface area contributed by atoms with Crippen LogP contribution in [0.1, 0.15) is 13.3 Å². The van der Waals surface area contributed by atoms with E-state index >= 15 is 0 Å². The minimum absolute atomic E-state index is 0.0179. The summed E-state index contributed by atoms with van der Waals surface area (Å²) in [4.78, 5) is 27.0. The quantitative estimate of drug-likeness (QED) is 0.830. The van der Waals surface area contributed by atoms with Crippen LogP contribution in [0.25, 0.3) is 0 Å². The SMILES string of the molecule is CCOC(=O)N1CCN(C(=O)CCOc2ccc(F)cc2)CC1. The smallest absolute Gasteiger partial charge is 0.409 e. The fourth-order valence-corrected chi connectivity index (χ4v) is 2.30. The zero-order valence-electron chi connectivity index (χ0n) is 13.2. The van der Waals surface area contributed by atoms with Crippen molar-refractivity contribution in [3.63, 3.8) is 0 Å². The van der Waals surface area contributed by atoms with Gasteiger partial charge in [-0.2, -0.15) is 0 Å². The lowest BCUT2D eigenvalue weighted by Crippen LogP contribution is -2.50. The highest BCUT2D eigenvalue weighted by Crippen LogP contribution is 2.12. The third kappa shape index (κ3) is 5.12. The summed E-state index contributed by atoms with van der Waals surface area (Å²) in [6.07, 6.45) is -0.0872. The van der Waals surface area contributed by atoms with Gasteiger partial charge in [0.25, 0.3) is 0 Å². The minimum atomic E-state index is -0.334. The van der Waals surface area contributed by atoms with Crippen LogP contribution in [-0.4, -0.2) is 61.2 Å². The van der Waals surface area contributed by atoms with Crippen LogP contribution in [-0.2, 0) is 9.53 Å². The molecule has 0 unspecified atom stereocenters. The second-order valence-electron chi connectivity index (χ2n) is 5.12. The molecule has 1 fully saturated rings. The van der Waals surface area contributed by atoms with E-state index in [-0.39, 0.29) is 30.8 Å². The molecule has 1 aliphatic heterocycles. The average Bonchev–Trinajstić information content (AvgIpc) is 2.57. The molecule has 0 saturated carbocycles. The molecule has 0 atom stereocenters. The van der Waals surface area contributed by atoms with Crippen molar-refractivity contribution in [2.75, 3.05) is 39.4 Å². The zero-order chi connectivity index (χ0) is 16.7. The molecule has 2 amide bonds. The lowest BCUT2D eigenvalue weighted by atomic mass is 10.3. The van der Waals surface area contributed by atoms with Crippen molar-refractivity contribution in [2.24, 2.45) is 0 Å². The van der Waals surface area contributed by atoms with Crippen LogP contribution in [0.4, 0.5) is 9.18 Å². The van der Waals surface area contributed by atoms with Gasteiger partial charge >= 0.3 is 6.09 Å². The molecule has 1 heterocycles. The number of hydrogen-bond acceptors (Lipinski definition) is 4. The molecule has 0 aliphatic carbocycles. The molecular formula is C16H21FN2O4. The Hall–Kier alpha value is -2.31. The molecule has 23 heavy (non-hydrogen) atoms. The first-order valence-corrected chi connectivity index (χ1v) is 7.68. The third-order valence-electron chi connectivity index (χ3n) is 3.56. The van der Waals surface area contributed by atoms with E-state index in [4.69, 9.17) is 9.47 Å². The van der Waals surface area contributed by atoms with Gasteiger partial charge in [-0.15, -0.1) is 0 Å². The second kappa shape index (κ2) is 8.36. The summed E-state index contributed by atoms with van der Waals surface area (Å²) in [5.74, 6) is 0.190. The molecule has 0 spiro atoms. The summed E-state index contributed by atoms with van der Waals surface area (Å²) in [5.41, 5.74) is 0. The Kier molecular flexibility index (Phi) is 6.19. The number of rotatable bonds is 5. The summed E-state index contributed by atoms with van der Waals surface area (Å²) in [6.45, 7) is 4.29. The lowest BCUT2D eigenvalue weighted by molar-refractivity contribution is -0.133. The van der Waals surface area contributed by atoms with Gasteiger partial charge in [-0.3, -0.25) is 4.79 Å². The molecule has 1 saturated heterocycles. The Balaban J connectivity index is 1.68. The molecule has 1 aromatic rings. The molecule has 1 aromatic carbocycles. The van der Waals surface area contributed by atoms with E-state index in [1.165, 1.54) is 24.3 Å². The highest BCUT2D eigenvalue weighted by molar-refractivity contribution is 5.77. The Bertz CT molecular complexity index is 527. The van der Waals surface area contributed by atoms with Crippen molar-refractivity contribution in [3.05, 3.63) is 30.1 Å². The van der Waals surface area contributed by atoms with Crippen LogP contribution in [0, 0.1) is 5.82 Å². The first-order chi connectivity index (χ1) is 11.1. The number of amides is 2. The van der Waals surface area contributed by atoms with Gasteiger partial charge in [0.2, 0.25) is 5.91 Å². The van der Waals surface area contributed by atoms with Crippen molar-refractivity contribution in [1.29, 1.82) is 0 Å². The molecule has 6 nitrogen and oxygen atoms in total. The number of carbonyl (C=O) groups excluding carboxylic acids is 2. The predicted molar refractivity (Wildman–Crippen MR) is 81.7 cm³/mol. The summed E-state index contributed by atoms with van der Waals surface area (Å²) in [7, 11) is 0. The van der Waals surface area contributed by atoms with E-state index in [1.807, 2.05) is 0 Å². The summed E-state index contributed by atoms with van der Waals surface area (Å²) < 4.78 is 23.1. The van der Waals surface area contributed by atoms with Gasteiger partial charge in [-0.25, -0.2) is 9.18 Å². The normalized spacial score (nSPS) is 14.5. The van der Waals surface area contributed by atoms with Crippen LogP contribution in [0.15, 0.2) is 24.3 Å². The maximum Gasteiger partial charge on any atom is 0.409 e. The van der Waals surface area contributed by atoms with Gasteiger partial charge < -0.3 is 19.3 Å². The Morgan fingerprint density at radius 2 is 1.70 bits per heavy atom. The fourth-order valence-electron chi connectivity index (χ4n) is 2.30. The first kappa shape index (κ1) is 17.1. The monoisotopic (exact) mass is 324 g/mol. The Labute approximate surface area is 134 Å². The highest BCUT2D eigenvalue weighted by atomic mass is 19.1. The number of carbonyl (C=O) groups is 2. The van der Waals surface area contributed by atoms with Crippen LogP contribution < -0.4 is 4.74 Å². The molecular weight excluding hydrogens is 303 g/mol. The number of nitrogens with zero attached hydrogens (tertiary/aromatic N) is 2. The van der Waals surface area contributed by atoms with Gasteiger partial charge in [0.15, 0.2) is 0 Å². The predicted octanol–water partition coefficient (Wildman–Crippen LogP) is 1.90. The molecule has 0 bridgehead atoms. The third-order valence-corrected chi connectivity index (χ3v) is 3.56. The Morgan fingerprint density at radius 1 is 1.09 bits per heavy atom. The lowest BCUT2D eigenvalue weighted by Gasteiger charge is -2.34. The van der Waals surface area contributed by atoms with Crippen molar-refractivity contribution < 1.29 is 23.5 Å². The van der Waals surface area contributed by atoms with Crippen molar-refractivity contribution in [3.8, 4) is 5.75 Å². The van der Waals surface area contributed by atoms with Crippen molar-refractivity contribution in [2.45, 2.75) is 13.3 Å². The number of halogens is 1. The van der Waals surface area contributed by atoms with E-state index in [0.717, 1.165) is 0 Å².